The van der Waals surface area contributed by atoms with E-state index in [4.69, 9.17) is 4.74 Å². The zero-order valence-corrected chi connectivity index (χ0v) is 11.0. The summed E-state index contributed by atoms with van der Waals surface area (Å²) in [7, 11) is 1.65. The van der Waals surface area contributed by atoms with Gasteiger partial charge in [0.1, 0.15) is 5.75 Å². The third-order valence-electron chi connectivity index (χ3n) is 3.36. The highest BCUT2D eigenvalue weighted by Gasteiger charge is 2.26. The van der Waals surface area contributed by atoms with E-state index >= 15 is 0 Å². The largest absolute Gasteiger partial charge is 0.496 e. The number of hydrogen-bond donors (Lipinski definition) is 1. The Labute approximate surface area is 105 Å². The first-order chi connectivity index (χ1) is 7.72. The van der Waals surface area contributed by atoms with Gasteiger partial charge in [-0.05, 0) is 30.9 Å². The summed E-state index contributed by atoms with van der Waals surface area (Å²) in [6.45, 7) is 0. The van der Waals surface area contributed by atoms with Crippen LogP contribution < -0.4 is 4.74 Å². The number of ether oxygens (including phenoxy) is 1. The van der Waals surface area contributed by atoms with Crippen LogP contribution in [0.25, 0.3) is 0 Å². The van der Waals surface area contributed by atoms with Crippen molar-refractivity contribution < 1.29 is 9.84 Å². The highest BCUT2D eigenvalue weighted by atomic mass is 79.9. The van der Waals surface area contributed by atoms with Gasteiger partial charge in [-0.3, -0.25) is 0 Å². The first-order valence-corrected chi connectivity index (χ1v) is 6.53. The molecule has 88 valence electrons. The molecule has 0 spiro atoms. The zero-order chi connectivity index (χ0) is 11.5. The number of aliphatic hydroxyl groups is 1. The van der Waals surface area contributed by atoms with Crippen molar-refractivity contribution in [2.45, 2.75) is 31.8 Å². The van der Waals surface area contributed by atoms with E-state index in [1.807, 2.05) is 18.2 Å². The van der Waals surface area contributed by atoms with E-state index in [9.17, 15) is 5.11 Å². The Hall–Kier alpha value is -0.540. The Morgan fingerprint density at radius 3 is 2.69 bits per heavy atom. The molecule has 16 heavy (non-hydrogen) atoms. The molecule has 1 aromatic rings. The van der Waals surface area contributed by atoms with Crippen LogP contribution in [0.15, 0.2) is 22.7 Å². The average molecular weight is 285 g/mol. The van der Waals surface area contributed by atoms with E-state index in [0.717, 1.165) is 28.6 Å². The van der Waals surface area contributed by atoms with Gasteiger partial charge in [-0.15, -0.1) is 0 Å². The van der Waals surface area contributed by atoms with Crippen LogP contribution in [-0.4, -0.2) is 12.2 Å². The molecule has 1 aliphatic rings. The van der Waals surface area contributed by atoms with Gasteiger partial charge in [0.15, 0.2) is 0 Å². The minimum absolute atomic E-state index is 0.384. The molecular weight excluding hydrogens is 268 g/mol. The molecule has 1 atom stereocenters. The van der Waals surface area contributed by atoms with Crippen molar-refractivity contribution in [3.05, 3.63) is 28.2 Å². The van der Waals surface area contributed by atoms with E-state index in [1.165, 1.54) is 12.8 Å². The molecule has 0 amide bonds. The minimum Gasteiger partial charge on any atom is -0.496 e. The van der Waals surface area contributed by atoms with Crippen molar-refractivity contribution >= 4 is 15.9 Å². The van der Waals surface area contributed by atoms with E-state index in [1.54, 1.807) is 7.11 Å². The van der Waals surface area contributed by atoms with Crippen LogP contribution in [0.1, 0.15) is 37.4 Å². The van der Waals surface area contributed by atoms with Crippen molar-refractivity contribution in [3.8, 4) is 5.75 Å². The molecule has 0 bridgehead atoms. The van der Waals surface area contributed by atoms with Gasteiger partial charge >= 0.3 is 0 Å². The topological polar surface area (TPSA) is 29.5 Å². The van der Waals surface area contributed by atoms with Gasteiger partial charge in [0.2, 0.25) is 0 Å². The number of halogens is 1. The molecule has 1 saturated carbocycles. The maximum absolute atomic E-state index is 10.3. The fourth-order valence-electron chi connectivity index (χ4n) is 2.46. The molecule has 2 nitrogen and oxygen atoms in total. The fraction of sp³-hybridized carbons (Fsp3) is 0.538. The van der Waals surface area contributed by atoms with Crippen molar-refractivity contribution in [1.29, 1.82) is 0 Å². The third kappa shape index (κ3) is 2.41. The summed E-state index contributed by atoms with van der Waals surface area (Å²) in [4.78, 5) is 0. The lowest BCUT2D eigenvalue weighted by Crippen LogP contribution is -2.10. The lowest BCUT2D eigenvalue weighted by Gasteiger charge is -2.20. The van der Waals surface area contributed by atoms with Gasteiger partial charge in [-0.2, -0.15) is 0 Å². The van der Waals surface area contributed by atoms with Crippen LogP contribution in [0.5, 0.6) is 5.75 Å². The van der Waals surface area contributed by atoms with Crippen LogP contribution >= 0.6 is 15.9 Å². The molecule has 0 aliphatic heterocycles. The minimum atomic E-state index is -0.384. The second-order valence-corrected chi connectivity index (χ2v) is 5.29. The standard InChI is InChI=1S/C13H17BrO2/c1-16-12-8-10(14)6-7-11(12)13(15)9-4-2-3-5-9/h6-9,13,15H,2-5H2,1H3. The molecule has 1 fully saturated rings. The molecule has 1 unspecified atom stereocenters. The first kappa shape index (κ1) is 11.9. The van der Waals surface area contributed by atoms with Gasteiger partial charge in [-0.1, -0.05) is 34.8 Å². The maximum Gasteiger partial charge on any atom is 0.125 e. The van der Waals surface area contributed by atoms with Gasteiger partial charge < -0.3 is 9.84 Å². The van der Waals surface area contributed by atoms with Crippen molar-refractivity contribution in [3.63, 3.8) is 0 Å². The SMILES string of the molecule is COc1cc(Br)ccc1C(O)C1CCCC1. The molecule has 1 aliphatic carbocycles. The Balaban J connectivity index is 2.24. The summed E-state index contributed by atoms with van der Waals surface area (Å²) >= 11 is 3.41. The number of hydrogen-bond acceptors (Lipinski definition) is 2. The zero-order valence-electron chi connectivity index (χ0n) is 9.45. The molecule has 0 radical (unpaired) electrons. The molecule has 2 rings (SSSR count). The van der Waals surface area contributed by atoms with Crippen molar-refractivity contribution in [2.75, 3.05) is 7.11 Å². The fourth-order valence-corrected chi connectivity index (χ4v) is 2.80. The predicted molar refractivity (Wildman–Crippen MR) is 67.6 cm³/mol. The molecule has 3 heteroatoms. The van der Waals surface area contributed by atoms with Crippen LogP contribution in [0.3, 0.4) is 0 Å². The molecule has 0 aromatic heterocycles. The predicted octanol–water partition coefficient (Wildman–Crippen LogP) is 3.68. The third-order valence-corrected chi connectivity index (χ3v) is 3.85. The summed E-state index contributed by atoms with van der Waals surface area (Å²) in [6.07, 6.45) is 4.34. The van der Waals surface area contributed by atoms with Gasteiger partial charge in [-0.25, -0.2) is 0 Å². The lowest BCUT2D eigenvalue weighted by atomic mass is 9.94. The van der Waals surface area contributed by atoms with Gasteiger partial charge in [0, 0.05) is 10.0 Å². The highest BCUT2D eigenvalue weighted by Crippen LogP contribution is 2.39. The first-order valence-electron chi connectivity index (χ1n) is 5.74. The molecule has 0 saturated heterocycles. The van der Waals surface area contributed by atoms with Gasteiger partial charge in [0.05, 0.1) is 13.2 Å². The van der Waals surface area contributed by atoms with E-state index in [2.05, 4.69) is 15.9 Å². The summed E-state index contributed by atoms with van der Waals surface area (Å²) in [5.74, 6) is 1.17. The monoisotopic (exact) mass is 284 g/mol. The number of aliphatic hydroxyl groups excluding tert-OH is 1. The quantitative estimate of drug-likeness (QED) is 0.918. The molecule has 1 N–H and O–H groups in total. The van der Waals surface area contributed by atoms with E-state index in [-0.39, 0.29) is 6.10 Å². The van der Waals surface area contributed by atoms with Crippen LogP contribution in [0.2, 0.25) is 0 Å². The van der Waals surface area contributed by atoms with Crippen LogP contribution in [0, 0.1) is 5.92 Å². The van der Waals surface area contributed by atoms with Crippen molar-refractivity contribution in [1.82, 2.24) is 0 Å². The second-order valence-electron chi connectivity index (χ2n) is 4.38. The maximum atomic E-state index is 10.3. The summed E-state index contributed by atoms with van der Waals surface area (Å²) < 4.78 is 6.30. The van der Waals surface area contributed by atoms with Gasteiger partial charge in [0.25, 0.3) is 0 Å². The Bertz CT molecular complexity index is 359. The second kappa shape index (κ2) is 5.19. The molecular formula is C13H17BrO2. The Kier molecular flexibility index (Phi) is 3.87. The van der Waals surface area contributed by atoms with E-state index in [0.29, 0.717) is 5.92 Å². The number of benzene rings is 1. The van der Waals surface area contributed by atoms with Crippen molar-refractivity contribution in [2.24, 2.45) is 5.92 Å². The van der Waals surface area contributed by atoms with E-state index < -0.39 is 0 Å². The van der Waals surface area contributed by atoms with Crippen LogP contribution in [-0.2, 0) is 0 Å². The number of rotatable bonds is 3. The lowest BCUT2D eigenvalue weighted by molar-refractivity contribution is 0.108. The Morgan fingerprint density at radius 2 is 2.06 bits per heavy atom. The van der Waals surface area contributed by atoms with Crippen LogP contribution in [0.4, 0.5) is 0 Å². The summed E-state index contributed by atoms with van der Waals surface area (Å²) in [5.41, 5.74) is 0.914. The summed E-state index contributed by atoms with van der Waals surface area (Å²) in [5, 5.41) is 10.3. The molecule has 0 heterocycles. The normalized spacial score (nSPS) is 18.7. The smallest absolute Gasteiger partial charge is 0.125 e. The number of methoxy groups -OCH3 is 1. The summed E-state index contributed by atoms with van der Waals surface area (Å²) in [6, 6.07) is 5.81. The molecule has 1 aromatic carbocycles. The average Bonchev–Trinajstić information content (AvgIpc) is 2.81. The Morgan fingerprint density at radius 1 is 1.38 bits per heavy atom. The highest BCUT2D eigenvalue weighted by molar-refractivity contribution is 9.10.